The number of rotatable bonds is 7. The Labute approximate surface area is 166 Å². The summed E-state index contributed by atoms with van der Waals surface area (Å²) in [5, 5.41) is 1.01. The van der Waals surface area contributed by atoms with Crippen LogP contribution in [0, 0.1) is 0 Å². The van der Waals surface area contributed by atoms with Crippen LogP contribution in [0.1, 0.15) is 50.4 Å². The van der Waals surface area contributed by atoms with Gasteiger partial charge in [0.1, 0.15) is 11.3 Å². The molecule has 4 rings (SSSR count). The molecule has 1 saturated carbocycles. The van der Waals surface area contributed by atoms with Gasteiger partial charge in [0.25, 0.3) is 0 Å². The number of furan rings is 1. The van der Waals surface area contributed by atoms with E-state index in [-0.39, 0.29) is 29.5 Å². The van der Waals surface area contributed by atoms with Crippen LogP contribution in [0.4, 0.5) is 0 Å². The third-order valence-corrected chi connectivity index (χ3v) is 7.41. The molecule has 1 saturated heterocycles. The van der Waals surface area contributed by atoms with E-state index in [4.69, 9.17) is 4.42 Å². The van der Waals surface area contributed by atoms with E-state index >= 15 is 0 Å². The largest absolute Gasteiger partial charge is 0.460 e. The summed E-state index contributed by atoms with van der Waals surface area (Å²) >= 11 is 0. The van der Waals surface area contributed by atoms with Gasteiger partial charge in [0, 0.05) is 35.5 Å². The molecule has 1 aliphatic carbocycles. The zero-order valence-corrected chi connectivity index (χ0v) is 17.1. The van der Waals surface area contributed by atoms with Crippen molar-refractivity contribution in [2.45, 2.75) is 57.5 Å². The maximum atomic E-state index is 13.0. The number of unbranched alkanes of at least 4 members (excludes halogenated alkanes) is 1. The minimum Gasteiger partial charge on any atom is -0.460 e. The second kappa shape index (κ2) is 7.74. The monoisotopic (exact) mass is 401 g/mol. The Morgan fingerprint density at radius 2 is 2.00 bits per heavy atom. The molecule has 2 aliphatic rings. The molecule has 2 fully saturated rings. The third kappa shape index (κ3) is 4.02. The molecule has 2 heterocycles. The predicted octanol–water partition coefficient (Wildman–Crippen LogP) is 3.97. The van der Waals surface area contributed by atoms with Gasteiger partial charge in [0.15, 0.2) is 9.84 Å². The van der Waals surface area contributed by atoms with E-state index in [0.717, 1.165) is 54.4 Å². The number of carbonyl (C=O) groups excluding carboxylic acids is 1. The first-order chi connectivity index (χ1) is 13.5. The number of benzene rings is 1. The zero-order valence-electron chi connectivity index (χ0n) is 16.3. The van der Waals surface area contributed by atoms with Gasteiger partial charge in [0.05, 0.1) is 11.5 Å². The molecule has 28 heavy (non-hydrogen) atoms. The normalized spacial score (nSPS) is 21.5. The molecule has 0 radical (unpaired) electrons. The topological polar surface area (TPSA) is 67.6 Å². The first-order valence-electron chi connectivity index (χ1n) is 10.2. The third-order valence-electron chi connectivity index (χ3n) is 5.66. The van der Waals surface area contributed by atoms with Crippen LogP contribution in [0.3, 0.4) is 0 Å². The van der Waals surface area contributed by atoms with Crippen molar-refractivity contribution >= 4 is 32.8 Å². The van der Waals surface area contributed by atoms with Crippen LogP contribution in [0.2, 0.25) is 0 Å². The first-order valence-corrected chi connectivity index (χ1v) is 12.0. The second-order valence-electron chi connectivity index (χ2n) is 7.91. The van der Waals surface area contributed by atoms with Gasteiger partial charge >= 0.3 is 0 Å². The Morgan fingerprint density at radius 3 is 2.68 bits per heavy atom. The Balaban J connectivity index is 1.60. The predicted molar refractivity (Wildman–Crippen MR) is 111 cm³/mol. The van der Waals surface area contributed by atoms with E-state index in [0.29, 0.717) is 6.42 Å². The molecule has 1 aromatic heterocycles. The molecule has 1 atom stereocenters. The molecule has 6 heteroatoms. The molecule has 1 amide bonds. The molecule has 2 aromatic rings. The number of hydrogen-bond donors (Lipinski definition) is 0. The summed E-state index contributed by atoms with van der Waals surface area (Å²) in [4.78, 5) is 14.8. The highest BCUT2D eigenvalue weighted by Gasteiger charge is 2.41. The molecule has 0 bridgehead atoms. The summed E-state index contributed by atoms with van der Waals surface area (Å²) in [6.45, 7) is 2.14. The van der Waals surface area contributed by atoms with Crippen LogP contribution in [0.15, 0.2) is 34.8 Å². The Bertz CT molecular complexity index is 1000. The number of carbonyl (C=O) groups is 1. The van der Waals surface area contributed by atoms with Gasteiger partial charge in [-0.15, -0.1) is 0 Å². The summed E-state index contributed by atoms with van der Waals surface area (Å²) < 4.78 is 29.8. The van der Waals surface area contributed by atoms with Gasteiger partial charge in [-0.05, 0) is 37.8 Å². The van der Waals surface area contributed by atoms with Gasteiger partial charge in [-0.25, -0.2) is 8.42 Å². The lowest BCUT2D eigenvalue weighted by atomic mass is 10.1. The van der Waals surface area contributed by atoms with Crippen LogP contribution in [0.5, 0.6) is 0 Å². The molecular weight excluding hydrogens is 374 g/mol. The van der Waals surface area contributed by atoms with Crippen LogP contribution in [0.25, 0.3) is 17.0 Å². The quantitative estimate of drug-likeness (QED) is 0.659. The highest BCUT2D eigenvalue weighted by molar-refractivity contribution is 7.91. The van der Waals surface area contributed by atoms with Crippen molar-refractivity contribution in [3.8, 4) is 0 Å². The van der Waals surface area contributed by atoms with Gasteiger partial charge in [-0.2, -0.15) is 0 Å². The van der Waals surface area contributed by atoms with E-state index in [1.165, 1.54) is 0 Å². The van der Waals surface area contributed by atoms with Crippen molar-refractivity contribution in [2.24, 2.45) is 0 Å². The molecule has 0 N–H and O–H groups in total. The highest BCUT2D eigenvalue weighted by atomic mass is 32.2. The second-order valence-corrected chi connectivity index (χ2v) is 10.1. The Kier molecular flexibility index (Phi) is 5.32. The highest BCUT2D eigenvalue weighted by Crippen LogP contribution is 2.33. The van der Waals surface area contributed by atoms with Crippen molar-refractivity contribution < 1.29 is 17.6 Å². The fraction of sp³-hybridized carbons (Fsp3) is 0.500. The lowest BCUT2D eigenvalue weighted by Gasteiger charge is -2.27. The van der Waals surface area contributed by atoms with E-state index in [9.17, 15) is 13.2 Å². The van der Waals surface area contributed by atoms with Crippen LogP contribution in [-0.2, 0) is 21.1 Å². The molecule has 150 valence electrons. The van der Waals surface area contributed by atoms with Gasteiger partial charge in [0.2, 0.25) is 5.91 Å². The average Bonchev–Trinajstić information content (AvgIpc) is 3.34. The van der Waals surface area contributed by atoms with E-state index in [2.05, 4.69) is 6.92 Å². The maximum Gasteiger partial charge on any atom is 0.247 e. The number of para-hydroxylation sites is 1. The minimum atomic E-state index is -3.02. The minimum absolute atomic E-state index is 0.0867. The molecule has 1 aromatic carbocycles. The van der Waals surface area contributed by atoms with E-state index in [1.807, 2.05) is 35.2 Å². The van der Waals surface area contributed by atoms with E-state index < -0.39 is 9.84 Å². The van der Waals surface area contributed by atoms with Crippen molar-refractivity contribution in [3.63, 3.8) is 0 Å². The average molecular weight is 402 g/mol. The van der Waals surface area contributed by atoms with Crippen molar-refractivity contribution in [1.82, 2.24) is 4.90 Å². The number of fused-ring (bicyclic) bond motifs is 1. The molecular formula is C22H27NO4S. The summed E-state index contributed by atoms with van der Waals surface area (Å²) in [7, 11) is -3.02. The SMILES string of the molecule is CCCCc1oc2ccccc2c1/C=C/C(=O)N(C1CC1)C1CCS(=O)(=O)C1. The number of amides is 1. The smallest absolute Gasteiger partial charge is 0.247 e. The standard InChI is InChI=1S/C22H27NO4S/c1-2-3-7-20-19(18-6-4-5-8-21(18)27-20)11-12-22(24)23(16-9-10-16)17-13-14-28(25,26)15-17/h4-6,8,11-12,16-17H,2-3,7,9-10,13-15H2,1H3/b12-11+. The summed E-state index contributed by atoms with van der Waals surface area (Å²) in [6, 6.07) is 7.89. The van der Waals surface area contributed by atoms with Gasteiger partial charge in [-0.3, -0.25) is 4.79 Å². The first kappa shape index (κ1) is 19.2. The lowest BCUT2D eigenvalue weighted by molar-refractivity contribution is -0.128. The summed E-state index contributed by atoms with van der Waals surface area (Å²) in [5.74, 6) is 1.11. The zero-order chi connectivity index (χ0) is 19.7. The number of sulfone groups is 1. The molecule has 1 aliphatic heterocycles. The Morgan fingerprint density at radius 1 is 1.21 bits per heavy atom. The number of hydrogen-bond acceptors (Lipinski definition) is 4. The fourth-order valence-electron chi connectivity index (χ4n) is 4.07. The summed E-state index contributed by atoms with van der Waals surface area (Å²) in [6.07, 6.45) is 8.89. The van der Waals surface area contributed by atoms with Crippen LogP contribution in [-0.4, -0.2) is 42.8 Å². The molecule has 0 spiro atoms. The van der Waals surface area contributed by atoms with Gasteiger partial charge in [-0.1, -0.05) is 31.5 Å². The summed E-state index contributed by atoms with van der Waals surface area (Å²) in [5.41, 5.74) is 1.80. The number of aryl methyl sites for hydroxylation is 1. The van der Waals surface area contributed by atoms with E-state index in [1.54, 1.807) is 6.08 Å². The van der Waals surface area contributed by atoms with Crippen LogP contribution < -0.4 is 0 Å². The molecule has 1 unspecified atom stereocenters. The maximum absolute atomic E-state index is 13.0. The Hall–Kier alpha value is -2.08. The molecule has 5 nitrogen and oxygen atoms in total. The number of nitrogens with zero attached hydrogens (tertiary/aromatic N) is 1. The van der Waals surface area contributed by atoms with Crippen LogP contribution >= 0.6 is 0 Å². The van der Waals surface area contributed by atoms with Crippen molar-refractivity contribution in [1.29, 1.82) is 0 Å². The van der Waals surface area contributed by atoms with Crippen molar-refractivity contribution in [3.05, 3.63) is 41.7 Å². The fourth-order valence-corrected chi connectivity index (χ4v) is 5.78. The van der Waals surface area contributed by atoms with Gasteiger partial charge < -0.3 is 9.32 Å². The lowest BCUT2D eigenvalue weighted by Crippen LogP contribution is -2.41. The van der Waals surface area contributed by atoms with Crippen molar-refractivity contribution in [2.75, 3.05) is 11.5 Å².